The average molecular weight is 249 g/mol. The highest BCUT2D eigenvalue weighted by molar-refractivity contribution is 5.81. The van der Waals surface area contributed by atoms with Gasteiger partial charge in [0.2, 0.25) is 5.91 Å². The van der Waals surface area contributed by atoms with Gasteiger partial charge in [0.1, 0.15) is 11.5 Å². The Labute approximate surface area is 107 Å². The Morgan fingerprint density at radius 1 is 1.28 bits per heavy atom. The van der Waals surface area contributed by atoms with Crippen molar-refractivity contribution in [1.29, 1.82) is 0 Å². The lowest BCUT2D eigenvalue weighted by molar-refractivity contribution is -0.122. The van der Waals surface area contributed by atoms with E-state index in [4.69, 9.17) is 9.47 Å². The first-order chi connectivity index (χ1) is 8.63. The van der Waals surface area contributed by atoms with Gasteiger partial charge in [-0.3, -0.25) is 4.79 Å². The minimum absolute atomic E-state index is 0.143. The molecule has 1 aromatic rings. The fraction of sp³-hybridized carbons (Fsp3) is 0.500. The molecule has 0 aliphatic heterocycles. The van der Waals surface area contributed by atoms with Crippen LogP contribution in [-0.2, 0) is 11.3 Å². The van der Waals surface area contributed by atoms with Gasteiger partial charge in [-0.2, -0.15) is 0 Å². The van der Waals surface area contributed by atoms with Gasteiger partial charge in [0.05, 0.1) is 14.2 Å². The monoisotopic (exact) mass is 249 g/mol. The number of methoxy groups -OCH3 is 2. The van der Waals surface area contributed by atoms with Gasteiger partial charge in [0.15, 0.2) is 0 Å². The SMILES string of the molecule is COc1cc(CNC(=O)C2CC2C)cc(OC)c1. The van der Waals surface area contributed by atoms with Crippen molar-refractivity contribution in [3.63, 3.8) is 0 Å². The Balaban J connectivity index is 1.97. The summed E-state index contributed by atoms with van der Waals surface area (Å²) in [5, 5.41) is 2.94. The second kappa shape index (κ2) is 5.29. The third-order valence-corrected chi connectivity index (χ3v) is 3.32. The van der Waals surface area contributed by atoms with Crippen molar-refractivity contribution in [2.75, 3.05) is 14.2 Å². The van der Waals surface area contributed by atoms with Crippen LogP contribution in [0.2, 0.25) is 0 Å². The third-order valence-electron chi connectivity index (χ3n) is 3.32. The van der Waals surface area contributed by atoms with E-state index in [2.05, 4.69) is 12.2 Å². The Hall–Kier alpha value is -1.71. The summed E-state index contributed by atoms with van der Waals surface area (Å²) in [6, 6.07) is 5.62. The molecular weight excluding hydrogens is 230 g/mol. The Morgan fingerprint density at radius 2 is 1.83 bits per heavy atom. The molecule has 4 heteroatoms. The zero-order valence-electron chi connectivity index (χ0n) is 11.0. The van der Waals surface area contributed by atoms with Gasteiger partial charge >= 0.3 is 0 Å². The molecule has 0 bridgehead atoms. The average Bonchev–Trinajstić information content (AvgIpc) is 3.12. The number of carbonyl (C=O) groups is 1. The Kier molecular flexibility index (Phi) is 3.75. The molecule has 1 amide bonds. The molecule has 1 N–H and O–H groups in total. The van der Waals surface area contributed by atoms with Crippen LogP contribution < -0.4 is 14.8 Å². The molecule has 0 spiro atoms. The van der Waals surface area contributed by atoms with E-state index < -0.39 is 0 Å². The number of rotatable bonds is 5. The van der Waals surface area contributed by atoms with Crippen LogP contribution in [-0.4, -0.2) is 20.1 Å². The molecule has 18 heavy (non-hydrogen) atoms. The summed E-state index contributed by atoms with van der Waals surface area (Å²) in [6.07, 6.45) is 1.01. The van der Waals surface area contributed by atoms with Gasteiger partial charge in [-0.1, -0.05) is 6.92 Å². The van der Waals surface area contributed by atoms with Gasteiger partial charge in [0, 0.05) is 18.5 Å². The van der Waals surface area contributed by atoms with E-state index >= 15 is 0 Å². The highest BCUT2D eigenvalue weighted by atomic mass is 16.5. The third kappa shape index (κ3) is 2.94. The number of nitrogens with one attached hydrogen (secondary N) is 1. The van der Waals surface area contributed by atoms with E-state index in [0.717, 1.165) is 23.5 Å². The van der Waals surface area contributed by atoms with Crippen LogP contribution in [0.5, 0.6) is 11.5 Å². The molecule has 0 aromatic heterocycles. The molecule has 1 fully saturated rings. The summed E-state index contributed by atoms with van der Waals surface area (Å²) in [5.41, 5.74) is 0.979. The zero-order valence-corrected chi connectivity index (χ0v) is 11.0. The lowest BCUT2D eigenvalue weighted by atomic mass is 10.2. The topological polar surface area (TPSA) is 47.6 Å². The maximum Gasteiger partial charge on any atom is 0.223 e. The number of carbonyl (C=O) groups excluding carboxylic acids is 1. The van der Waals surface area contributed by atoms with Crippen LogP contribution in [0.3, 0.4) is 0 Å². The predicted octanol–water partition coefficient (Wildman–Crippen LogP) is 1.98. The second-order valence-electron chi connectivity index (χ2n) is 4.76. The lowest BCUT2D eigenvalue weighted by Crippen LogP contribution is -2.24. The molecule has 4 nitrogen and oxygen atoms in total. The normalized spacial score (nSPS) is 21.3. The fourth-order valence-corrected chi connectivity index (χ4v) is 1.98. The largest absolute Gasteiger partial charge is 0.497 e. The standard InChI is InChI=1S/C14H19NO3/c1-9-4-13(9)14(16)15-8-10-5-11(17-2)7-12(6-10)18-3/h5-7,9,13H,4,8H2,1-3H3,(H,15,16). The van der Waals surface area contributed by atoms with Gasteiger partial charge in [-0.25, -0.2) is 0 Å². The van der Waals surface area contributed by atoms with Crippen molar-refractivity contribution in [2.24, 2.45) is 11.8 Å². The molecule has 0 heterocycles. The molecule has 2 unspecified atom stereocenters. The molecule has 98 valence electrons. The summed E-state index contributed by atoms with van der Waals surface area (Å²) in [4.78, 5) is 11.7. The summed E-state index contributed by atoms with van der Waals surface area (Å²) < 4.78 is 10.4. The number of hydrogen-bond acceptors (Lipinski definition) is 3. The quantitative estimate of drug-likeness (QED) is 0.868. The van der Waals surface area contributed by atoms with Crippen molar-refractivity contribution in [1.82, 2.24) is 5.32 Å². The van der Waals surface area contributed by atoms with E-state index in [9.17, 15) is 4.79 Å². The number of ether oxygens (including phenoxy) is 2. The number of hydrogen-bond donors (Lipinski definition) is 1. The van der Waals surface area contributed by atoms with Crippen LogP contribution in [0.1, 0.15) is 18.9 Å². The van der Waals surface area contributed by atoms with Crippen molar-refractivity contribution in [3.05, 3.63) is 23.8 Å². The minimum Gasteiger partial charge on any atom is -0.497 e. The van der Waals surface area contributed by atoms with Crippen LogP contribution in [0.15, 0.2) is 18.2 Å². The van der Waals surface area contributed by atoms with Gasteiger partial charge < -0.3 is 14.8 Å². The van der Waals surface area contributed by atoms with E-state index in [-0.39, 0.29) is 11.8 Å². The van der Waals surface area contributed by atoms with Gasteiger partial charge in [-0.15, -0.1) is 0 Å². The zero-order chi connectivity index (χ0) is 13.1. The molecule has 1 aliphatic carbocycles. The molecule has 2 atom stereocenters. The maximum absolute atomic E-state index is 11.7. The van der Waals surface area contributed by atoms with Crippen LogP contribution in [0.4, 0.5) is 0 Å². The second-order valence-corrected chi connectivity index (χ2v) is 4.76. The van der Waals surface area contributed by atoms with E-state index in [1.807, 2.05) is 18.2 Å². The molecule has 1 saturated carbocycles. The Bertz CT molecular complexity index is 422. The van der Waals surface area contributed by atoms with Crippen molar-refractivity contribution in [3.8, 4) is 11.5 Å². The molecule has 0 radical (unpaired) electrons. The number of benzene rings is 1. The van der Waals surface area contributed by atoms with Crippen LogP contribution >= 0.6 is 0 Å². The summed E-state index contributed by atoms with van der Waals surface area (Å²) in [5.74, 6) is 2.35. The summed E-state index contributed by atoms with van der Waals surface area (Å²) >= 11 is 0. The van der Waals surface area contributed by atoms with Gasteiger partial charge in [-0.05, 0) is 30.0 Å². The first-order valence-corrected chi connectivity index (χ1v) is 6.13. The minimum atomic E-state index is 0.143. The highest BCUT2D eigenvalue weighted by Gasteiger charge is 2.38. The Morgan fingerprint density at radius 3 is 2.28 bits per heavy atom. The first kappa shape index (κ1) is 12.7. The molecule has 1 aromatic carbocycles. The van der Waals surface area contributed by atoms with Crippen LogP contribution in [0, 0.1) is 11.8 Å². The lowest BCUT2D eigenvalue weighted by Gasteiger charge is -2.09. The van der Waals surface area contributed by atoms with Gasteiger partial charge in [0.25, 0.3) is 0 Å². The molecule has 0 saturated heterocycles. The summed E-state index contributed by atoms with van der Waals surface area (Å²) in [6.45, 7) is 2.61. The smallest absolute Gasteiger partial charge is 0.223 e. The molecule has 2 rings (SSSR count). The maximum atomic E-state index is 11.7. The van der Waals surface area contributed by atoms with Crippen molar-refractivity contribution < 1.29 is 14.3 Å². The molecule has 1 aliphatic rings. The van der Waals surface area contributed by atoms with Crippen molar-refractivity contribution in [2.45, 2.75) is 19.9 Å². The predicted molar refractivity (Wildman–Crippen MR) is 68.7 cm³/mol. The summed E-state index contributed by atoms with van der Waals surface area (Å²) in [7, 11) is 3.23. The fourth-order valence-electron chi connectivity index (χ4n) is 1.98. The highest BCUT2D eigenvalue weighted by Crippen LogP contribution is 2.37. The van der Waals surface area contributed by atoms with Crippen molar-refractivity contribution >= 4 is 5.91 Å². The number of amides is 1. The van der Waals surface area contributed by atoms with E-state index in [1.54, 1.807) is 14.2 Å². The van der Waals surface area contributed by atoms with E-state index in [1.165, 1.54) is 0 Å². The van der Waals surface area contributed by atoms with Crippen LogP contribution in [0.25, 0.3) is 0 Å². The molecular formula is C14H19NO3. The first-order valence-electron chi connectivity index (χ1n) is 6.13. The van der Waals surface area contributed by atoms with E-state index in [0.29, 0.717) is 12.5 Å².